The van der Waals surface area contributed by atoms with Crippen molar-refractivity contribution in [2.45, 2.75) is 43.5 Å². The maximum Gasteiger partial charge on any atom is 0.168 e. The van der Waals surface area contributed by atoms with Gasteiger partial charge in [0.15, 0.2) is 5.79 Å². The Morgan fingerprint density at radius 2 is 1.86 bits per heavy atom. The predicted molar refractivity (Wildman–Crippen MR) is 77.5 cm³/mol. The van der Waals surface area contributed by atoms with E-state index in [0.717, 1.165) is 57.9 Å². The maximum absolute atomic E-state index is 6.14. The Morgan fingerprint density at radius 1 is 1.10 bits per heavy atom. The molecule has 2 fully saturated rings. The molecule has 0 bridgehead atoms. The number of ether oxygens (including phenoxy) is 4. The average molecular weight is 290 g/mol. The highest BCUT2D eigenvalue weighted by Gasteiger charge is 2.40. The Kier molecular flexibility index (Phi) is 3.61. The van der Waals surface area contributed by atoms with Gasteiger partial charge in [-0.25, -0.2) is 0 Å². The molecule has 1 saturated carbocycles. The molecule has 0 N–H and O–H groups in total. The minimum absolute atomic E-state index is 0.289. The minimum Gasteiger partial charge on any atom is -0.493 e. The van der Waals surface area contributed by atoms with E-state index in [9.17, 15) is 0 Å². The molecular formula is C17H22O4. The van der Waals surface area contributed by atoms with Crippen molar-refractivity contribution in [3.8, 4) is 5.75 Å². The van der Waals surface area contributed by atoms with Gasteiger partial charge in [0.2, 0.25) is 0 Å². The molecule has 114 valence electrons. The molecule has 0 amide bonds. The van der Waals surface area contributed by atoms with Crippen molar-refractivity contribution in [1.82, 2.24) is 0 Å². The molecule has 0 aromatic heterocycles. The molecule has 0 radical (unpaired) electrons. The third-order valence-corrected chi connectivity index (χ3v) is 4.84. The van der Waals surface area contributed by atoms with Crippen LogP contribution in [-0.2, 0) is 14.2 Å². The fraction of sp³-hybridized carbons (Fsp3) is 0.647. The normalized spacial score (nSPS) is 27.7. The van der Waals surface area contributed by atoms with Crippen LogP contribution < -0.4 is 4.74 Å². The molecule has 1 atom stereocenters. The first-order valence-corrected chi connectivity index (χ1v) is 7.96. The Bertz CT molecular complexity index is 485. The predicted octanol–water partition coefficient (Wildman–Crippen LogP) is 2.86. The maximum atomic E-state index is 6.14. The fourth-order valence-corrected chi connectivity index (χ4v) is 3.60. The molecule has 1 unspecified atom stereocenters. The second-order valence-electron chi connectivity index (χ2n) is 6.19. The molecule has 21 heavy (non-hydrogen) atoms. The summed E-state index contributed by atoms with van der Waals surface area (Å²) in [5.41, 5.74) is 1.28. The summed E-state index contributed by atoms with van der Waals surface area (Å²) in [6.07, 6.45) is 4.28. The lowest BCUT2D eigenvalue weighted by molar-refractivity contribution is -0.192. The topological polar surface area (TPSA) is 36.9 Å². The molecule has 3 aliphatic rings. The minimum atomic E-state index is -0.289. The molecule has 1 aliphatic carbocycles. The molecule has 4 rings (SSSR count). The number of para-hydroxylation sites is 1. The van der Waals surface area contributed by atoms with Crippen molar-refractivity contribution in [2.24, 2.45) is 0 Å². The first-order chi connectivity index (χ1) is 10.3. The lowest BCUT2D eigenvalue weighted by Crippen LogP contribution is -2.38. The van der Waals surface area contributed by atoms with Crippen LogP contribution in [0.2, 0.25) is 0 Å². The number of rotatable bonds is 3. The lowest BCUT2D eigenvalue weighted by atomic mass is 9.91. The van der Waals surface area contributed by atoms with Gasteiger partial charge in [-0.3, -0.25) is 0 Å². The molecule has 4 nitrogen and oxygen atoms in total. The van der Waals surface area contributed by atoms with Crippen LogP contribution >= 0.6 is 0 Å². The van der Waals surface area contributed by atoms with Crippen LogP contribution in [0.4, 0.5) is 0 Å². The van der Waals surface area contributed by atoms with Gasteiger partial charge in [-0.2, -0.15) is 0 Å². The lowest BCUT2D eigenvalue weighted by Gasteiger charge is -2.35. The van der Waals surface area contributed by atoms with Crippen LogP contribution in [0.15, 0.2) is 24.3 Å². The van der Waals surface area contributed by atoms with E-state index in [2.05, 4.69) is 12.1 Å². The monoisotopic (exact) mass is 290 g/mol. The van der Waals surface area contributed by atoms with Gasteiger partial charge < -0.3 is 18.9 Å². The van der Waals surface area contributed by atoms with Gasteiger partial charge >= 0.3 is 0 Å². The van der Waals surface area contributed by atoms with E-state index in [0.29, 0.717) is 12.0 Å². The summed E-state index contributed by atoms with van der Waals surface area (Å²) in [7, 11) is 0. The zero-order chi connectivity index (χ0) is 14.1. The molecule has 1 spiro atoms. The fourth-order valence-electron chi connectivity index (χ4n) is 3.60. The van der Waals surface area contributed by atoms with Crippen molar-refractivity contribution in [3.63, 3.8) is 0 Å². The summed E-state index contributed by atoms with van der Waals surface area (Å²) in [6, 6.07) is 8.27. The molecule has 1 aromatic rings. The Labute approximate surface area is 125 Å². The second-order valence-corrected chi connectivity index (χ2v) is 6.19. The van der Waals surface area contributed by atoms with E-state index in [1.165, 1.54) is 5.56 Å². The van der Waals surface area contributed by atoms with Crippen LogP contribution in [0, 0.1) is 0 Å². The highest BCUT2D eigenvalue weighted by atomic mass is 16.7. The van der Waals surface area contributed by atoms with Crippen LogP contribution in [0.5, 0.6) is 5.75 Å². The van der Waals surface area contributed by atoms with E-state index in [-0.39, 0.29) is 5.79 Å². The van der Waals surface area contributed by atoms with Gasteiger partial charge in [0.25, 0.3) is 0 Å². The van der Waals surface area contributed by atoms with Gasteiger partial charge in [-0.05, 0) is 18.9 Å². The number of benzene rings is 1. The summed E-state index contributed by atoms with van der Waals surface area (Å²) in [5.74, 6) is 1.10. The van der Waals surface area contributed by atoms with Gasteiger partial charge in [-0.15, -0.1) is 0 Å². The summed E-state index contributed by atoms with van der Waals surface area (Å²) in [6.45, 7) is 2.96. The van der Waals surface area contributed by atoms with Gasteiger partial charge in [0.1, 0.15) is 5.75 Å². The molecule has 2 heterocycles. The zero-order valence-electron chi connectivity index (χ0n) is 12.3. The Morgan fingerprint density at radius 3 is 2.67 bits per heavy atom. The summed E-state index contributed by atoms with van der Waals surface area (Å²) < 4.78 is 23.4. The van der Waals surface area contributed by atoms with Crippen molar-refractivity contribution in [2.75, 3.05) is 26.4 Å². The highest BCUT2D eigenvalue weighted by Crippen LogP contribution is 2.38. The quantitative estimate of drug-likeness (QED) is 0.858. The van der Waals surface area contributed by atoms with Crippen molar-refractivity contribution in [3.05, 3.63) is 29.8 Å². The van der Waals surface area contributed by atoms with Crippen molar-refractivity contribution < 1.29 is 18.9 Å². The first kappa shape index (κ1) is 13.6. The number of hydrogen-bond acceptors (Lipinski definition) is 4. The highest BCUT2D eigenvalue weighted by molar-refractivity contribution is 5.39. The molecular weight excluding hydrogens is 268 g/mol. The smallest absolute Gasteiger partial charge is 0.168 e. The molecule has 1 aromatic carbocycles. The van der Waals surface area contributed by atoms with Crippen LogP contribution in [0.3, 0.4) is 0 Å². The van der Waals surface area contributed by atoms with E-state index in [1.54, 1.807) is 0 Å². The largest absolute Gasteiger partial charge is 0.493 e. The molecule has 2 aliphatic heterocycles. The Hall–Kier alpha value is -1.10. The van der Waals surface area contributed by atoms with E-state index < -0.39 is 0 Å². The summed E-state index contributed by atoms with van der Waals surface area (Å²) >= 11 is 0. The summed E-state index contributed by atoms with van der Waals surface area (Å²) in [4.78, 5) is 0. The Balaban J connectivity index is 1.29. The van der Waals surface area contributed by atoms with Crippen molar-refractivity contribution in [1.29, 1.82) is 0 Å². The SMILES string of the molecule is c1ccc2c(c1)OCC2COC1CCC2(CC1)OCCO2. The third kappa shape index (κ3) is 2.68. The van der Waals surface area contributed by atoms with E-state index >= 15 is 0 Å². The average Bonchev–Trinajstić information content (AvgIpc) is 3.15. The van der Waals surface area contributed by atoms with Crippen LogP contribution in [0.1, 0.15) is 37.2 Å². The summed E-state index contributed by atoms with van der Waals surface area (Å²) in [5, 5.41) is 0. The zero-order valence-corrected chi connectivity index (χ0v) is 12.3. The van der Waals surface area contributed by atoms with E-state index in [1.807, 2.05) is 12.1 Å². The third-order valence-electron chi connectivity index (χ3n) is 4.84. The molecule has 4 heteroatoms. The standard InChI is InChI=1S/C17H22O4/c1-2-4-16-15(3-1)13(12-19-16)11-18-14-5-7-17(8-6-14)20-9-10-21-17/h1-4,13-14H,5-12H2. The van der Waals surface area contributed by atoms with E-state index in [4.69, 9.17) is 18.9 Å². The van der Waals surface area contributed by atoms with Gasteiger partial charge in [0.05, 0.1) is 32.5 Å². The van der Waals surface area contributed by atoms with Gasteiger partial charge in [-0.1, -0.05) is 18.2 Å². The molecule has 1 saturated heterocycles. The van der Waals surface area contributed by atoms with Crippen LogP contribution in [-0.4, -0.2) is 38.3 Å². The number of fused-ring (bicyclic) bond motifs is 1. The van der Waals surface area contributed by atoms with Crippen molar-refractivity contribution >= 4 is 0 Å². The second kappa shape index (κ2) is 5.59. The number of hydrogen-bond donors (Lipinski definition) is 0. The van der Waals surface area contributed by atoms with Gasteiger partial charge in [0, 0.05) is 24.3 Å². The van der Waals surface area contributed by atoms with Crippen LogP contribution in [0.25, 0.3) is 0 Å². The first-order valence-electron chi connectivity index (χ1n) is 7.96.